The molecule has 1 rings (SSSR count). The van der Waals surface area contributed by atoms with E-state index in [1.54, 1.807) is 0 Å². The largest absolute Gasteiger partial charge is 1.00 e. The Morgan fingerprint density at radius 3 is 1.22 bits per heavy atom. The van der Waals surface area contributed by atoms with E-state index in [1.165, 1.54) is 12.8 Å². The van der Waals surface area contributed by atoms with Crippen LogP contribution in [0.3, 0.4) is 0 Å². The van der Waals surface area contributed by atoms with Crippen molar-refractivity contribution in [2.24, 2.45) is 0 Å². The Bertz CT molecular complexity index is 270. The molecule has 0 aliphatic carbocycles. The van der Waals surface area contributed by atoms with Crippen LogP contribution in [0, 0.1) is 0 Å². The van der Waals surface area contributed by atoms with Crippen LogP contribution in [0.25, 0.3) is 0 Å². The van der Waals surface area contributed by atoms with E-state index in [2.05, 4.69) is 55.4 Å². The van der Waals surface area contributed by atoms with Crippen LogP contribution in [0.1, 0.15) is 68.2 Å². The monoisotopic (exact) mass is 306 g/mol. The molecule has 0 radical (unpaired) electrons. The van der Waals surface area contributed by atoms with E-state index in [0.717, 1.165) is 16.6 Å². The third-order valence-electron chi connectivity index (χ3n) is 4.91. The topological polar surface area (TPSA) is 0 Å². The summed E-state index contributed by atoms with van der Waals surface area (Å²) < 4.78 is 0. The van der Waals surface area contributed by atoms with Crippen LogP contribution in [0.15, 0.2) is 10.4 Å². The second-order valence-corrected chi connectivity index (χ2v) is 17.8. The smallest absolute Gasteiger partial charge is 0.265 e. The van der Waals surface area contributed by atoms with E-state index in [9.17, 15) is 0 Å². The van der Waals surface area contributed by atoms with Crippen LogP contribution in [0.5, 0.6) is 0 Å². The molecule has 1 aliphatic heterocycles. The second-order valence-electron chi connectivity index (χ2n) is 6.44. The van der Waals surface area contributed by atoms with Gasteiger partial charge in [-0.2, -0.15) is 0 Å². The zero-order chi connectivity index (χ0) is 13.4. The summed E-state index contributed by atoms with van der Waals surface area (Å²) in [5, 5.41) is 3.89. The Morgan fingerprint density at radius 1 is 0.778 bits per heavy atom. The van der Waals surface area contributed by atoms with Crippen molar-refractivity contribution in [3.63, 3.8) is 0 Å². The molecule has 0 aromatic carbocycles. The number of hydrogen-bond acceptors (Lipinski definition) is 0. The normalized spacial score (nSPS) is 15.8. The quantitative estimate of drug-likeness (QED) is 0.661. The van der Waals surface area contributed by atoms with E-state index >= 15 is 0 Å². The first-order chi connectivity index (χ1) is 7.85. The maximum absolute atomic E-state index is 2.52. The molecule has 0 aromatic heterocycles. The fourth-order valence-corrected chi connectivity index (χ4v) is 23.5. The standard InChI is InChI=1S/C15H31Si2.K/c1-9-14-15(10-2)16(14)17(11(3)4,12(5)6)13(7)8;/h11-13H,9-10H2,1-8H3;/q-1;+1. The van der Waals surface area contributed by atoms with Gasteiger partial charge >= 0.3 is 51.4 Å². The maximum Gasteiger partial charge on any atom is 1.00 e. The SMILES string of the molecule is CCC1=C(CC)[Si-]1[Si](C(C)C)(C(C)C)C(C)C.[K+]. The van der Waals surface area contributed by atoms with Gasteiger partial charge in [0.15, 0.2) is 0 Å². The predicted octanol–water partition coefficient (Wildman–Crippen LogP) is 2.45. The minimum atomic E-state index is -1.13. The molecule has 3 heteroatoms. The molecule has 0 aromatic rings. The van der Waals surface area contributed by atoms with Gasteiger partial charge in [-0.15, -0.1) is 0 Å². The molecular weight excluding hydrogens is 275 g/mol. The first-order valence-electron chi connectivity index (χ1n) is 7.45. The number of allylic oxidation sites excluding steroid dienone is 2. The molecule has 100 valence electrons. The van der Waals surface area contributed by atoms with E-state index in [-0.39, 0.29) is 59.7 Å². The van der Waals surface area contributed by atoms with E-state index in [1.807, 2.05) is 10.4 Å². The molecule has 0 fully saturated rings. The minimum absolute atomic E-state index is 0. The number of rotatable bonds is 6. The third-order valence-corrected chi connectivity index (χ3v) is 23.4. The van der Waals surface area contributed by atoms with E-state index < -0.39 is 7.59 Å². The van der Waals surface area contributed by atoms with Gasteiger partial charge in [-0.25, -0.2) is 0 Å². The van der Waals surface area contributed by atoms with Crippen LogP contribution in [0.2, 0.25) is 16.6 Å². The molecule has 18 heavy (non-hydrogen) atoms. The molecule has 0 nitrogen and oxygen atoms in total. The van der Waals surface area contributed by atoms with Gasteiger partial charge < -0.3 is 0 Å². The first kappa shape index (κ1) is 19.8. The summed E-state index contributed by atoms with van der Waals surface area (Å²) in [5.74, 6) is 0. The Kier molecular flexibility index (Phi) is 8.49. The van der Waals surface area contributed by atoms with Crippen molar-refractivity contribution in [3.05, 3.63) is 10.4 Å². The summed E-state index contributed by atoms with van der Waals surface area (Å²) in [6.45, 7) is 19.9. The van der Waals surface area contributed by atoms with Crippen LogP contribution in [0.4, 0.5) is 0 Å². The molecule has 1 heterocycles. The fourth-order valence-electron chi connectivity index (χ4n) is 4.44. The maximum atomic E-state index is 2.52. The summed E-state index contributed by atoms with van der Waals surface area (Å²) >= 11 is 0. The van der Waals surface area contributed by atoms with Crippen molar-refractivity contribution < 1.29 is 51.4 Å². The van der Waals surface area contributed by atoms with Crippen molar-refractivity contribution in [3.8, 4) is 0 Å². The van der Waals surface area contributed by atoms with Gasteiger partial charge in [0.05, 0.1) is 0 Å². The Balaban J connectivity index is 0.00000289. The molecule has 0 saturated heterocycles. The van der Waals surface area contributed by atoms with E-state index in [0.29, 0.717) is 0 Å². The minimum Gasteiger partial charge on any atom is -0.265 e. The molecule has 1 aliphatic rings. The molecule has 0 atom stereocenters. The zero-order valence-corrected chi connectivity index (χ0v) is 19.3. The van der Waals surface area contributed by atoms with Gasteiger partial charge in [-0.05, 0) is 0 Å². The third kappa shape index (κ3) is 3.18. The van der Waals surface area contributed by atoms with Crippen molar-refractivity contribution in [2.45, 2.75) is 84.9 Å². The molecule has 0 N–H and O–H groups in total. The van der Waals surface area contributed by atoms with Crippen molar-refractivity contribution in [1.29, 1.82) is 0 Å². The predicted molar refractivity (Wildman–Crippen MR) is 84.4 cm³/mol. The first-order valence-corrected chi connectivity index (χ1v) is 12.2. The van der Waals surface area contributed by atoms with Gasteiger partial charge in [0, 0.05) is 0 Å². The van der Waals surface area contributed by atoms with Crippen molar-refractivity contribution >= 4 is 15.9 Å². The molecule has 0 unspecified atom stereocenters. The summed E-state index contributed by atoms with van der Waals surface area (Å²) in [6, 6.07) is 0. The van der Waals surface area contributed by atoms with Gasteiger partial charge in [-0.1, -0.05) is 92.4 Å². The summed E-state index contributed by atoms with van der Waals surface area (Å²) in [4.78, 5) is 0. The van der Waals surface area contributed by atoms with Crippen molar-refractivity contribution in [1.82, 2.24) is 0 Å². The van der Waals surface area contributed by atoms with Crippen LogP contribution in [-0.4, -0.2) is 15.9 Å². The van der Waals surface area contributed by atoms with Gasteiger partial charge in [0.2, 0.25) is 0 Å². The Hall–Kier alpha value is 1.81. The van der Waals surface area contributed by atoms with Crippen LogP contribution in [-0.2, 0) is 0 Å². The Labute approximate surface area is 160 Å². The molecule has 0 saturated carbocycles. The molecule has 0 amide bonds. The van der Waals surface area contributed by atoms with Crippen LogP contribution < -0.4 is 51.4 Å². The van der Waals surface area contributed by atoms with Crippen molar-refractivity contribution in [2.75, 3.05) is 0 Å². The Morgan fingerprint density at radius 2 is 1.06 bits per heavy atom. The van der Waals surface area contributed by atoms with E-state index in [4.69, 9.17) is 0 Å². The molecular formula is C15H31KSi2. The average Bonchev–Trinajstić information content (AvgIpc) is 2.90. The fraction of sp³-hybridized carbons (Fsp3) is 0.867. The van der Waals surface area contributed by atoms with Gasteiger partial charge in [0.1, 0.15) is 0 Å². The van der Waals surface area contributed by atoms with Gasteiger partial charge in [0.25, 0.3) is 0 Å². The van der Waals surface area contributed by atoms with Gasteiger partial charge in [-0.3, -0.25) is 18.7 Å². The summed E-state index contributed by atoms with van der Waals surface area (Å²) in [6.07, 6.45) is 2.69. The summed E-state index contributed by atoms with van der Waals surface area (Å²) in [5.41, 5.74) is 2.84. The zero-order valence-electron chi connectivity index (χ0n) is 14.1. The number of hydrogen-bond donors (Lipinski definition) is 0. The summed E-state index contributed by atoms with van der Waals surface area (Å²) in [7, 11) is -1.32. The second kappa shape index (κ2) is 7.71. The average molecular weight is 307 g/mol. The molecule has 0 bridgehead atoms. The van der Waals surface area contributed by atoms with Crippen LogP contribution >= 0.6 is 0 Å². The molecule has 0 spiro atoms.